The lowest BCUT2D eigenvalue weighted by Crippen LogP contribution is -2.41. The Balaban J connectivity index is 1.63. The summed E-state index contributed by atoms with van der Waals surface area (Å²) in [6, 6.07) is 16.5. The SMILES string of the molecule is C[C@H]1CN(Cc2ccc(C#N)cc2)C(=O)c2cc(-c3ccc(Cl)cc3N)nn21. The second kappa shape index (κ2) is 7.02. The van der Waals surface area contributed by atoms with Gasteiger partial charge < -0.3 is 10.6 Å². The molecule has 0 aliphatic carbocycles. The molecule has 2 aromatic carbocycles. The van der Waals surface area contributed by atoms with E-state index in [9.17, 15) is 4.79 Å². The van der Waals surface area contributed by atoms with Gasteiger partial charge in [0.2, 0.25) is 0 Å². The number of benzene rings is 2. The molecule has 0 radical (unpaired) electrons. The maximum atomic E-state index is 13.0. The molecule has 7 heteroatoms. The van der Waals surface area contributed by atoms with E-state index >= 15 is 0 Å². The number of anilines is 1. The summed E-state index contributed by atoms with van der Waals surface area (Å²) in [6.07, 6.45) is 0. The monoisotopic (exact) mass is 391 g/mol. The minimum absolute atomic E-state index is 0.0355. The molecule has 2 heterocycles. The Morgan fingerprint density at radius 3 is 2.68 bits per heavy atom. The highest BCUT2D eigenvalue weighted by Gasteiger charge is 2.31. The fourth-order valence-electron chi connectivity index (χ4n) is 3.47. The van der Waals surface area contributed by atoms with Crippen molar-refractivity contribution in [3.63, 3.8) is 0 Å². The summed E-state index contributed by atoms with van der Waals surface area (Å²) < 4.78 is 1.76. The zero-order valence-corrected chi connectivity index (χ0v) is 16.0. The van der Waals surface area contributed by atoms with Crippen LogP contribution in [0.15, 0.2) is 48.5 Å². The lowest BCUT2D eigenvalue weighted by molar-refractivity contribution is 0.0651. The Hall–Kier alpha value is -3.30. The molecule has 1 aliphatic heterocycles. The smallest absolute Gasteiger partial charge is 0.272 e. The summed E-state index contributed by atoms with van der Waals surface area (Å²) in [4.78, 5) is 14.8. The van der Waals surface area contributed by atoms with Crippen LogP contribution in [0.25, 0.3) is 11.3 Å². The average Bonchev–Trinajstić information content (AvgIpc) is 3.12. The highest BCUT2D eigenvalue weighted by Crippen LogP contribution is 2.31. The molecule has 0 unspecified atom stereocenters. The predicted octanol–water partition coefficient (Wildman–Crippen LogP) is 3.87. The van der Waals surface area contributed by atoms with Crippen molar-refractivity contribution in [2.45, 2.75) is 19.5 Å². The predicted molar refractivity (Wildman–Crippen MR) is 108 cm³/mol. The van der Waals surface area contributed by atoms with Crippen LogP contribution in [-0.2, 0) is 6.54 Å². The second-order valence-electron chi connectivity index (χ2n) is 6.93. The van der Waals surface area contributed by atoms with Crippen molar-refractivity contribution >= 4 is 23.2 Å². The summed E-state index contributed by atoms with van der Waals surface area (Å²) in [7, 11) is 0. The first-order valence-corrected chi connectivity index (χ1v) is 9.27. The second-order valence-corrected chi connectivity index (χ2v) is 7.37. The first-order chi connectivity index (χ1) is 13.5. The van der Waals surface area contributed by atoms with Gasteiger partial charge in [-0.25, -0.2) is 0 Å². The van der Waals surface area contributed by atoms with Crippen molar-refractivity contribution in [2.24, 2.45) is 0 Å². The number of rotatable bonds is 3. The van der Waals surface area contributed by atoms with Crippen LogP contribution in [0.4, 0.5) is 5.69 Å². The average molecular weight is 392 g/mol. The van der Waals surface area contributed by atoms with E-state index in [1.54, 1.807) is 39.9 Å². The van der Waals surface area contributed by atoms with Crippen LogP contribution in [0.3, 0.4) is 0 Å². The number of fused-ring (bicyclic) bond motifs is 1. The maximum absolute atomic E-state index is 13.0. The number of carbonyl (C=O) groups is 1. The van der Waals surface area contributed by atoms with Gasteiger partial charge in [0.1, 0.15) is 5.69 Å². The first-order valence-electron chi connectivity index (χ1n) is 8.89. The number of aromatic nitrogens is 2. The quantitative estimate of drug-likeness (QED) is 0.686. The van der Waals surface area contributed by atoms with Crippen molar-refractivity contribution in [1.29, 1.82) is 5.26 Å². The number of nitrogens with two attached hydrogens (primary N) is 1. The van der Waals surface area contributed by atoms with Crippen LogP contribution in [0, 0.1) is 11.3 Å². The van der Waals surface area contributed by atoms with E-state index in [-0.39, 0.29) is 11.9 Å². The summed E-state index contributed by atoms with van der Waals surface area (Å²) in [5, 5.41) is 14.1. The normalized spacial score (nSPS) is 16.0. The molecule has 140 valence electrons. The Bertz CT molecular complexity index is 1100. The fraction of sp³-hybridized carbons (Fsp3) is 0.190. The molecule has 1 atom stereocenters. The van der Waals surface area contributed by atoms with Gasteiger partial charge in [-0.3, -0.25) is 9.48 Å². The van der Waals surface area contributed by atoms with Gasteiger partial charge in [-0.05, 0) is 48.9 Å². The summed E-state index contributed by atoms with van der Waals surface area (Å²) in [6.45, 7) is 3.07. The zero-order valence-electron chi connectivity index (χ0n) is 15.3. The van der Waals surface area contributed by atoms with Crippen molar-refractivity contribution in [3.05, 3.63) is 70.4 Å². The number of nitriles is 1. The van der Waals surface area contributed by atoms with Gasteiger partial charge in [0, 0.05) is 29.4 Å². The zero-order chi connectivity index (χ0) is 19.8. The van der Waals surface area contributed by atoms with Gasteiger partial charge in [-0.15, -0.1) is 0 Å². The van der Waals surface area contributed by atoms with Gasteiger partial charge in [0.05, 0.1) is 23.4 Å². The lowest BCUT2D eigenvalue weighted by Gasteiger charge is -2.31. The standard InChI is InChI=1S/C21H18ClN5O/c1-13-11-26(12-15-4-2-14(10-23)3-5-15)21(28)20-9-19(25-27(13)20)17-7-6-16(22)8-18(17)24/h2-9,13H,11-12,24H2,1H3/t13-/m0/s1. The van der Waals surface area contributed by atoms with Crippen molar-refractivity contribution in [1.82, 2.24) is 14.7 Å². The molecule has 6 nitrogen and oxygen atoms in total. The number of halogens is 1. The molecule has 0 bridgehead atoms. The van der Waals surface area contributed by atoms with E-state index in [4.69, 9.17) is 22.6 Å². The van der Waals surface area contributed by atoms with Gasteiger partial charge in [0.25, 0.3) is 5.91 Å². The van der Waals surface area contributed by atoms with Crippen LogP contribution in [0.2, 0.25) is 5.02 Å². The maximum Gasteiger partial charge on any atom is 0.272 e. The molecular weight excluding hydrogens is 374 g/mol. The molecule has 1 aromatic heterocycles. The number of hydrogen-bond donors (Lipinski definition) is 1. The van der Waals surface area contributed by atoms with Gasteiger partial charge in [-0.1, -0.05) is 23.7 Å². The number of hydrogen-bond acceptors (Lipinski definition) is 4. The van der Waals surface area contributed by atoms with Crippen LogP contribution in [-0.4, -0.2) is 27.1 Å². The highest BCUT2D eigenvalue weighted by atomic mass is 35.5. The number of carbonyl (C=O) groups excluding carboxylic acids is 1. The number of nitrogen functional groups attached to an aromatic ring is 1. The summed E-state index contributed by atoms with van der Waals surface area (Å²) in [5.41, 5.74) is 10.1. The van der Waals surface area contributed by atoms with Crippen LogP contribution in [0.5, 0.6) is 0 Å². The van der Waals surface area contributed by atoms with Gasteiger partial charge in [0.15, 0.2) is 0 Å². The largest absolute Gasteiger partial charge is 0.398 e. The van der Waals surface area contributed by atoms with E-state index in [1.165, 1.54) is 0 Å². The third-order valence-electron chi connectivity index (χ3n) is 4.89. The van der Waals surface area contributed by atoms with Crippen molar-refractivity contribution < 1.29 is 4.79 Å². The summed E-state index contributed by atoms with van der Waals surface area (Å²) >= 11 is 5.98. The van der Waals surface area contributed by atoms with Gasteiger partial charge >= 0.3 is 0 Å². The third kappa shape index (κ3) is 3.21. The molecule has 0 saturated carbocycles. The van der Waals surface area contributed by atoms with Crippen LogP contribution < -0.4 is 5.73 Å². The number of nitrogens with zero attached hydrogens (tertiary/aromatic N) is 4. The molecule has 0 fully saturated rings. The van der Waals surface area contributed by atoms with Crippen LogP contribution in [0.1, 0.15) is 34.6 Å². The molecular formula is C21H18ClN5O. The highest BCUT2D eigenvalue weighted by molar-refractivity contribution is 6.31. The Kier molecular flexibility index (Phi) is 4.54. The molecule has 1 amide bonds. The Morgan fingerprint density at radius 2 is 2.00 bits per heavy atom. The molecule has 4 rings (SSSR count). The number of amides is 1. The first kappa shape index (κ1) is 18.1. The topological polar surface area (TPSA) is 87.9 Å². The van der Waals surface area contributed by atoms with E-state index < -0.39 is 0 Å². The summed E-state index contributed by atoms with van der Waals surface area (Å²) in [5.74, 6) is -0.0752. The van der Waals surface area contributed by atoms with E-state index in [1.807, 2.05) is 25.1 Å². The Morgan fingerprint density at radius 1 is 1.25 bits per heavy atom. The fourth-order valence-corrected chi connectivity index (χ4v) is 3.65. The molecule has 28 heavy (non-hydrogen) atoms. The third-order valence-corrected chi connectivity index (χ3v) is 5.13. The molecule has 2 N–H and O–H groups in total. The minimum Gasteiger partial charge on any atom is -0.398 e. The molecule has 1 aliphatic rings. The minimum atomic E-state index is -0.0752. The Labute approximate surface area is 167 Å². The van der Waals surface area contributed by atoms with Crippen molar-refractivity contribution in [3.8, 4) is 17.3 Å². The van der Waals surface area contributed by atoms with Crippen LogP contribution >= 0.6 is 11.6 Å². The van der Waals surface area contributed by atoms with Gasteiger partial charge in [-0.2, -0.15) is 10.4 Å². The molecule has 3 aromatic rings. The molecule has 0 spiro atoms. The van der Waals surface area contributed by atoms with E-state index in [0.29, 0.717) is 40.8 Å². The molecule has 0 saturated heterocycles. The van der Waals surface area contributed by atoms with Crippen molar-refractivity contribution in [2.75, 3.05) is 12.3 Å². The lowest BCUT2D eigenvalue weighted by atomic mass is 10.1. The van der Waals surface area contributed by atoms with E-state index in [2.05, 4.69) is 11.2 Å². The van der Waals surface area contributed by atoms with E-state index in [0.717, 1.165) is 11.1 Å².